The minimum absolute atomic E-state index is 0. The van der Waals surface area contributed by atoms with Crippen molar-refractivity contribution in [3.63, 3.8) is 0 Å². The van der Waals surface area contributed by atoms with Gasteiger partial charge in [0.2, 0.25) is 0 Å². The molecule has 0 aromatic heterocycles. The Bertz CT molecular complexity index is 156. The summed E-state index contributed by atoms with van der Waals surface area (Å²) in [4.78, 5) is 0. The van der Waals surface area contributed by atoms with Crippen LogP contribution in [0.5, 0.6) is 0 Å². The van der Waals surface area contributed by atoms with Gasteiger partial charge in [0, 0.05) is 5.75 Å². The van der Waals surface area contributed by atoms with Gasteiger partial charge in [-0.15, -0.1) is 0 Å². The summed E-state index contributed by atoms with van der Waals surface area (Å²) in [5, 5.41) is 2.74. The van der Waals surface area contributed by atoms with Crippen LogP contribution in [-0.4, -0.2) is 32.3 Å². The smallest absolute Gasteiger partial charge is 0.748 e. The molecule has 6 heteroatoms. The maximum absolute atomic E-state index is 9.92. The molecule has 0 bridgehead atoms. The molecule has 0 spiro atoms. The fraction of sp³-hybridized carbons (Fsp3) is 1.00. The van der Waals surface area contributed by atoms with Gasteiger partial charge in [0.1, 0.15) is 0 Å². The fourth-order valence-corrected chi connectivity index (χ4v) is 0.924. The van der Waals surface area contributed by atoms with E-state index < -0.39 is 10.1 Å². The van der Waals surface area contributed by atoms with E-state index in [-0.39, 0.29) is 35.3 Å². The summed E-state index contributed by atoms with van der Waals surface area (Å²) in [6, 6.07) is 0. The van der Waals surface area contributed by atoms with Crippen LogP contribution in [0, 0.1) is 0 Å². The molecule has 0 aliphatic rings. The number of rotatable bonds is 4. The molecule has 0 saturated carbocycles. The first kappa shape index (κ1) is 13.5. The van der Waals surface area contributed by atoms with Crippen LogP contribution in [0.3, 0.4) is 0 Å². The molecule has 10 heavy (non-hydrogen) atoms. The summed E-state index contributed by atoms with van der Waals surface area (Å²) in [5.74, 6) is -0.270. The summed E-state index contributed by atoms with van der Waals surface area (Å²) < 4.78 is 29.8. The molecule has 0 aromatic carbocycles. The van der Waals surface area contributed by atoms with E-state index in [0.717, 1.165) is 0 Å². The molecule has 0 rings (SSSR count). The van der Waals surface area contributed by atoms with E-state index in [4.69, 9.17) is 0 Å². The van der Waals surface area contributed by atoms with E-state index >= 15 is 0 Å². The summed E-state index contributed by atoms with van der Waals surface area (Å²) in [6.07, 6.45) is 0.391. The van der Waals surface area contributed by atoms with Crippen molar-refractivity contribution in [3.8, 4) is 0 Å². The van der Waals surface area contributed by atoms with Crippen LogP contribution in [-0.2, 0) is 10.1 Å². The zero-order valence-corrected chi connectivity index (χ0v) is 9.07. The molecule has 0 heterocycles. The van der Waals surface area contributed by atoms with Crippen LogP contribution in [0.1, 0.15) is 6.42 Å². The predicted octanol–water partition coefficient (Wildman–Crippen LogP) is -3.85. The Balaban J connectivity index is 0. The molecule has 56 valence electrons. The van der Waals surface area contributed by atoms with Gasteiger partial charge < -0.3 is 9.87 Å². The first-order valence-corrected chi connectivity index (χ1v) is 4.22. The third-order valence-corrected chi connectivity index (χ3v) is 1.61. The molecule has 0 aliphatic carbocycles. The van der Waals surface area contributed by atoms with Crippen LogP contribution in [0.25, 0.3) is 0 Å². The van der Waals surface area contributed by atoms with Gasteiger partial charge in [-0.3, -0.25) is 0 Å². The van der Waals surface area contributed by atoms with Crippen LogP contribution in [0.4, 0.5) is 0 Å². The van der Waals surface area contributed by atoms with Gasteiger partial charge >= 0.3 is 29.6 Å². The Hall–Kier alpha value is 0.870. The molecule has 0 aliphatic heterocycles. The quantitative estimate of drug-likeness (QED) is 0.270. The van der Waals surface area contributed by atoms with Gasteiger partial charge in [-0.25, -0.2) is 8.42 Å². The van der Waals surface area contributed by atoms with Gasteiger partial charge in [-0.2, -0.15) is 0 Å². The van der Waals surface area contributed by atoms with Gasteiger partial charge in [0.15, 0.2) is 0 Å². The molecule has 0 radical (unpaired) electrons. The summed E-state index contributed by atoms with van der Waals surface area (Å²) in [7, 11) is -2.28. The third kappa shape index (κ3) is 11.6. The molecule has 0 fully saturated rings. The summed E-state index contributed by atoms with van der Waals surface area (Å²) >= 11 is 0. The minimum atomic E-state index is -3.99. The maximum atomic E-state index is 9.92. The molecular formula is C4H10NNaO3S. The van der Waals surface area contributed by atoms with Crippen molar-refractivity contribution in [3.05, 3.63) is 0 Å². The Morgan fingerprint density at radius 3 is 2.30 bits per heavy atom. The van der Waals surface area contributed by atoms with Crippen LogP contribution in [0.15, 0.2) is 0 Å². The standard InChI is InChI=1S/C4H11NO3S.Na/c1-5-3-2-4-9(6,7)8;/h5H,2-4H2,1H3,(H,6,7,8);/q;+1/p-1. The molecule has 4 nitrogen and oxygen atoms in total. The molecule has 0 amide bonds. The Morgan fingerprint density at radius 2 is 2.00 bits per heavy atom. The zero-order valence-electron chi connectivity index (χ0n) is 6.25. The second kappa shape index (κ2) is 6.57. The molecular weight excluding hydrogens is 165 g/mol. The van der Waals surface area contributed by atoms with Crippen molar-refractivity contribution in [2.24, 2.45) is 0 Å². The van der Waals surface area contributed by atoms with Gasteiger partial charge in [0.05, 0.1) is 10.1 Å². The zero-order chi connectivity index (χ0) is 7.33. The van der Waals surface area contributed by atoms with E-state index in [9.17, 15) is 13.0 Å². The fourth-order valence-electron chi connectivity index (χ4n) is 0.426. The van der Waals surface area contributed by atoms with Crippen molar-refractivity contribution in [2.45, 2.75) is 6.42 Å². The van der Waals surface area contributed by atoms with Crippen LogP contribution < -0.4 is 34.9 Å². The van der Waals surface area contributed by atoms with Crippen molar-refractivity contribution in [1.29, 1.82) is 0 Å². The van der Waals surface area contributed by atoms with Crippen molar-refractivity contribution >= 4 is 10.1 Å². The maximum Gasteiger partial charge on any atom is 1.00 e. The van der Waals surface area contributed by atoms with E-state index in [1.165, 1.54) is 0 Å². The average molecular weight is 175 g/mol. The first-order chi connectivity index (χ1) is 4.06. The molecule has 0 unspecified atom stereocenters. The molecule has 0 atom stereocenters. The topological polar surface area (TPSA) is 69.2 Å². The van der Waals surface area contributed by atoms with E-state index in [2.05, 4.69) is 5.32 Å². The average Bonchev–Trinajstić information content (AvgIpc) is 1.63. The largest absolute Gasteiger partial charge is 1.00 e. The van der Waals surface area contributed by atoms with Crippen LogP contribution >= 0.6 is 0 Å². The van der Waals surface area contributed by atoms with Crippen molar-refractivity contribution < 1.29 is 42.5 Å². The Morgan fingerprint density at radius 1 is 1.50 bits per heavy atom. The molecule has 1 N–H and O–H groups in total. The minimum Gasteiger partial charge on any atom is -0.748 e. The third-order valence-electron chi connectivity index (χ3n) is 0.821. The number of hydrogen-bond acceptors (Lipinski definition) is 4. The van der Waals surface area contributed by atoms with Gasteiger partial charge in [-0.1, -0.05) is 0 Å². The predicted molar refractivity (Wildman–Crippen MR) is 33.1 cm³/mol. The number of hydrogen-bond donors (Lipinski definition) is 1. The summed E-state index contributed by atoms with van der Waals surface area (Å²) in [6.45, 7) is 0.571. The second-order valence-corrected chi connectivity index (χ2v) is 3.24. The van der Waals surface area contributed by atoms with Crippen molar-refractivity contribution in [1.82, 2.24) is 5.32 Å². The van der Waals surface area contributed by atoms with Gasteiger partial charge in [0.25, 0.3) is 0 Å². The van der Waals surface area contributed by atoms with E-state index in [1.54, 1.807) is 7.05 Å². The Labute approximate surface area is 83.4 Å². The Kier molecular flexibility index (Phi) is 8.85. The number of nitrogens with one attached hydrogen (secondary N) is 1. The van der Waals surface area contributed by atoms with Gasteiger partial charge in [-0.05, 0) is 20.0 Å². The van der Waals surface area contributed by atoms with E-state index in [0.29, 0.717) is 13.0 Å². The van der Waals surface area contributed by atoms with Crippen molar-refractivity contribution in [2.75, 3.05) is 19.3 Å². The summed E-state index contributed by atoms with van der Waals surface area (Å²) in [5.41, 5.74) is 0. The van der Waals surface area contributed by atoms with Crippen LogP contribution in [0.2, 0.25) is 0 Å². The molecule has 0 saturated heterocycles. The second-order valence-electron chi connectivity index (χ2n) is 1.72. The normalized spacial score (nSPS) is 10.6. The first-order valence-electron chi connectivity index (χ1n) is 2.64. The molecule has 0 aromatic rings. The van der Waals surface area contributed by atoms with E-state index in [1.807, 2.05) is 0 Å². The monoisotopic (exact) mass is 175 g/mol. The SMILES string of the molecule is CNCCCS(=O)(=O)[O-].[Na+].